The molecule has 4 heteroatoms. The van der Waals surface area contributed by atoms with Gasteiger partial charge in [-0.2, -0.15) is 0 Å². The van der Waals surface area contributed by atoms with E-state index in [4.69, 9.17) is 16.3 Å². The van der Waals surface area contributed by atoms with E-state index >= 15 is 0 Å². The molecule has 3 rings (SSSR count). The number of pyridine rings is 1. The van der Waals surface area contributed by atoms with Crippen LogP contribution in [0, 0.1) is 0 Å². The van der Waals surface area contributed by atoms with Crippen molar-refractivity contribution in [3.8, 4) is 16.2 Å². The Morgan fingerprint density at radius 3 is 2.67 bits per heavy atom. The minimum Gasteiger partial charge on any atom is -0.485 e. The number of aromatic nitrogens is 1. The first kappa shape index (κ1) is 14.1. The van der Waals surface area contributed by atoms with Crippen LogP contribution in [0.4, 0.5) is 0 Å². The second-order valence-corrected chi connectivity index (χ2v) is 5.98. The van der Waals surface area contributed by atoms with Gasteiger partial charge in [-0.15, -0.1) is 11.3 Å². The van der Waals surface area contributed by atoms with Crippen LogP contribution in [0.25, 0.3) is 10.4 Å². The molecule has 0 bridgehead atoms. The van der Waals surface area contributed by atoms with Gasteiger partial charge in [0.1, 0.15) is 11.9 Å². The number of benzene rings is 1. The summed E-state index contributed by atoms with van der Waals surface area (Å²) in [6, 6.07) is 13.8. The van der Waals surface area contributed by atoms with Crippen molar-refractivity contribution in [3.05, 3.63) is 70.8 Å². The smallest absolute Gasteiger partial charge is 0.131 e. The lowest BCUT2D eigenvalue weighted by molar-refractivity contribution is 0.228. The summed E-state index contributed by atoms with van der Waals surface area (Å²) in [5.41, 5.74) is 2.14. The summed E-state index contributed by atoms with van der Waals surface area (Å²) >= 11 is 7.86. The minimum atomic E-state index is -0.0846. The Bertz CT molecular complexity index is 726. The van der Waals surface area contributed by atoms with Crippen molar-refractivity contribution in [2.45, 2.75) is 13.0 Å². The molecule has 0 spiro atoms. The van der Waals surface area contributed by atoms with Gasteiger partial charge >= 0.3 is 0 Å². The molecule has 0 aliphatic carbocycles. The van der Waals surface area contributed by atoms with Crippen LogP contribution in [0.15, 0.2) is 60.2 Å². The molecule has 2 aromatic heterocycles. The molecular formula is C17H14ClNOS. The number of halogens is 1. The molecular weight excluding hydrogens is 302 g/mol. The summed E-state index contributed by atoms with van der Waals surface area (Å²) in [5, 5.41) is 2.75. The normalized spacial score (nSPS) is 12.1. The first-order chi connectivity index (χ1) is 10.2. The second-order valence-electron chi connectivity index (χ2n) is 4.66. The predicted octanol–water partition coefficient (Wildman–Crippen LogP) is 5.60. The van der Waals surface area contributed by atoms with E-state index in [1.54, 1.807) is 23.7 Å². The Morgan fingerprint density at radius 2 is 1.90 bits per heavy atom. The highest BCUT2D eigenvalue weighted by Gasteiger charge is 2.12. The molecule has 1 atom stereocenters. The molecule has 21 heavy (non-hydrogen) atoms. The molecule has 2 heterocycles. The Labute approximate surface area is 133 Å². The van der Waals surface area contributed by atoms with E-state index in [0.29, 0.717) is 0 Å². The van der Waals surface area contributed by atoms with Gasteiger partial charge in [-0.05, 0) is 36.8 Å². The van der Waals surface area contributed by atoms with Gasteiger partial charge in [0.15, 0.2) is 0 Å². The Morgan fingerprint density at radius 1 is 1.14 bits per heavy atom. The molecule has 0 fully saturated rings. The molecule has 0 saturated heterocycles. The van der Waals surface area contributed by atoms with Crippen LogP contribution in [0.2, 0.25) is 5.02 Å². The maximum atomic E-state index is 6.20. The molecule has 2 nitrogen and oxygen atoms in total. The van der Waals surface area contributed by atoms with E-state index in [2.05, 4.69) is 4.98 Å². The molecule has 0 aliphatic heterocycles. The summed E-state index contributed by atoms with van der Waals surface area (Å²) in [4.78, 5) is 5.20. The topological polar surface area (TPSA) is 22.1 Å². The summed E-state index contributed by atoms with van der Waals surface area (Å²) < 4.78 is 5.99. The third-order valence-corrected chi connectivity index (χ3v) is 4.50. The van der Waals surface area contributed by atoms with Crippen molar-refractivity contribution in [1.82, 2.24) is 4.98 Å². The maximum Gasteiger partial charge on any atom is 0.131 e. The zero-order chi connectivity index (χ0) is 14.7. The van der Waals surface area contributed by atoms with Crippen LogP contribution in [-0.4, -0.2) is 4.98 Å². The molecule has 0 radical (unpaired) electrons. The van der Waals surface area contributed by atoms with Gasteiger partial charge in [0.05, 0.1) is 0 Å². The molecule has 1 aromatic carbocycles. The van der Waals surface area contributed by atoms with E-state index in [-0.39, 0.29) is 6.10 Å². The molecule has 1 unspecified atom stereocenters. The van der Waals surface area contributed by atoms with E-state index in [9.17, 15) is 0 Å². The van der Waals surface area contributed by atoms with Gasteiger partial charge in [0.2, 0.25) is 0 Å². The lowest BCUT2D eigenvalue weighted by Gasteiger charge is -2.15. The number of ether oxygens (including phenoxy) is 1. The third-order valence-electron chi connectivity index (χ3n) is 3.20. The van der Waals surface area contributed by atoms with Gasteiger partial charge in [-0.25, -0.2) is 0 Å². The standard InChI is InChI=1S/C17H14ClNOS/c1-12(15-4-2-3-5-16(15)18)20-14-10-17(21-11-14)13-6-8-19-9-7-13/h2-12H,1H3. The fourth-order valence-corrected chi connectivity index (χ4v) is 3.23. The average Bonchev–Trinajstić information content (AvgIpc) is 2.97. The number of thiophene rings is 1. The lowest BCUT2D eigenvalue weighted by Crippen LogP contribution is -2.02. The zero-order valence-electron chi connectivity index (χ0n) is 11.5. The van der Waals surface area contributed by atoms with Gasteiger partial charge in [-0.1, -0.05) is 29.8 Å². The lowest BCUT2D eigenvalue weighted by atomic mass is 10.1. The summed E-state index contributed by atoms with van der Waals surface area (Å²) in [7, 11) is 0. The molecule has 0 N–H and O–H groups in total. The van der Waals surface area contributed by atoms with E-state index in [1.165, 1.54) is 4.88 Å². The average molecular weight is 316 g/mol. The van der Waals surface area contributed by atoms with Crippen LogP contribution < -0.4 is 4.74 Å². The highest BCUT2D eigenvalue weighted by atomic mass is 35.5. The van der Waals surface area contributed by atoms with E-state index in [0.717, 1.165) is 21.9 Å². The largest absolute Gasteiger partial charge is 0.485 e. The van der Waals surface area contributed by atoms with E-state index in [1.807, 2.05) is 54.8 Å². The second kappa shape index (κ2) is 6.29. The third kappa shape index (κ3) is 3.26. The molecule has 3 aromatic rings. The summed E-state index contributed by atoms with van der Waals surface area (Å²) in [5.74, 6) is 0.860. The van der Waals surface area contributed by atoms with Crippen molar-refractivity contribution in [2.24, 2.45) is 0 Å². The van der Waals surface area contributed by atoms with Gasteiger partial charge in [-0.3, -0.25) is 4.98 Å². The first-order valence-corrected chi connectivity index (χ1v) is 7.90. The maximum absolute atomic E-state index is 6.20. The van der Waals surface area contributed by atoms with Crippen molar-refractivity contribution in [3.63, 3.8) is 0 Å². The zero-order valence-corrected chi connectivity index (χ0v) is 13.1. The Hall–Kier alpha value is -1.84. The van der Waals surface area contributed by atoms with Gasteiger partial charge in [0, 0.05) is 33.2 Å². The molecule has 0 amide bonds. The van der Waals surface area contributed by atoms with E-state index < -0.39 is 0 Å². The van der Waals surface area contributed by atoms with Crippen molar-refractivity contribution < 1.29 is 4.74 Å². The monoisotopic (exact) mass is 315 g/mol. The van der Waals surface area contributed by atoms with Crippen molar-refractivity contribution in [2.75, 3.05) is 0 Å². The highest BCUT2D eigenvalue weighted by Crippen LogP contribution is 2.34. The quantitative estimate of drug-likeness (QED) is 0.625. The van der Waals surface area contributed by atoms with Crippen LogP contribution in [0.3, 0.4) is 0 Å². The minimum absolute atomic E-state index is 0.0846. The SMILES string of the molecule is CC(Oc1csc(-c2ccncc2)c1)c1ccccc1Cl. The Balaban J connectivity index is 1.77. The first-order valence-electron chi connectivity index (χ1n) is 6.64. The predicted molar refractivity (Wildman–Crippen MR) is 88.0 cm³/mol. The van der Waals surface area contributed by atoms with Crippen LogP contribution in [0.1, 0.15) is 18.6 Å². The Kier molecular flexibility index (Phi) is 4.23. The van der Waals surface area contributed by atoms with Crippen LogP contribution in [0.5, 0.6) is 5.75 Å². The van der Waals surface area contributed by atoms with Crippen LogP contribution in [-0.2, 0) is 0 Å². The fourth-order valence-electron chi connectivity index (χ4n) is 2.12. The number of rotatable bonds is 4. The van der Waals surface area contributed by atoms with Crippen molar-refractivity contribution in [1.29, 1.82) is 0 Å². The van der Waals surface area contributed by atoms with Crippen LogP contribution >= 0.6 is 22.9 Å². The van der Waals surface area contributed by atoms with Crippen molar-refractivity contribution >= 4 is 22.9 Å². The molecule has 106 valence electrons. The highest BCUT2D eigenvalue weighted by molar-refractivity contribution is 7.13. The number of hydrogen-bond acceptors (Lipinski definition) is 3. The molecule has 0 aliphatic rings. The number of nitrogens with zero attached hydrogens (tertiary/aromatic N) is 1. The fraction of sp³-hybridized carbons (Fsp3) is 0.118. The van der Waals surface area contributed by atoms with Gasteiger partial charge in [0.25, 0.3) is 0 Å². The summed E-state index contributed by atoms with van der Waals surface area (Å²) in [6.45, 7) is 2.00. The molecule has 0 saturated carbocycles. The van der Waals surface area contributed by atoms with Gasteiger partial charge < -0.3 is 4.74 Å². The summed E-state index contributed by atoms with van der Waals surface area (Å²) in [6.07, 6.45) is 3.50. The number of hydrogen-bond donors (Lipinski definition) is 0.